The maximum Gasteiger partial charge on any atom is 0.389 e. The lowest BCUT2D eigenvalue weighted by molar-refractivity contribution is -0.144. The molecule has 0 saturated heterocycles. The number of carbonyl (C=O) groups is 2. The quantitative estimate of drug-likeness (QED) is 0.286. The van der Waals surface area contributed by atoms with E-state index in [4.69, 9.17) is 9.47 Å². The highest BCUT2D eigenvalue weighted by Crippen LogP contribution is 2.42. The number of allylic oxidation sites excluding steroid dienone is 1. The first-order valence-electron chi connectivity index (χ1n) is 15.3. The Morgan fingerprint density at radius 2 is 1.85 bits per heavy atom. The minimum Gasteiger partial charge on any atom is -0.497 e. The van der Waals surface area contributed by atoms with Crippen LogP contribution in [-0.4, -0.2) is 73.5 Å². The number of nitrogens with one attached hydrogen (secondary N) is 2. The summed E-state index contributed by atoms with van der Waals surface area (Å²) in [6.45, 7) is 0.258. The van der Waals surface area contributed by atoms with E-state index in [1.165, 1.54) is 7.05 Å². The van der Waals surface area contributed by atoms with Crippen LogP contribution in [0.5, 0.6) is 5.75 Å². The van der Waals surface area contributed by atoms with E-state index in [-0.39, 0.29) is 43.7 Å². The highest BCUT2D eigenvalue weighted by molar-refractivity contribution is 5.87. The Morgan fingerprint density at radius 3 is 2.54 bits per heavy atom. The van der Waals surface area contributed by atoms with Gasteiger partial charge in [-0.2, -0.15) is 13.2 Å². The summed E-state index contributed by atoms with van der Waals surface area (Å²) < 4.78 is 77.7. The summed E-state index contributed by atoms with van der Waals surface area (Å²) in [5.41, 5.74) is 2.09. The van der Waals surface area contributed by atoms with Crippen LogP contribution in [0.25, 0.3) is 0 Å². The summed E-state index contributed by atoms with van der Waals surface area (Å²) in [7, 11) is 2.91. The van der Waals surface area contributed by atoms with Crippen LogP contribution >= 0.6 is 0 Å². The number of methoxy groups -OCH3 is 1. The fourth-order valence-corrected chi connectivity index (χ4v) is 5.95. The van der Waals surface area contributed by atoms with Gasteiger partial charge in [0.05, 0.1) is 32.0 Å². The van der Waals surface area contributed by atoms with E-state index in [0.717, 1.165) is 28.2 Å². The van der Waals surface area contributed by atoms with Crippen molar-refractivity contribution in [2.45, 2.75) is 81.5 Å². The molecule has 4 rings (SSSR count). The summed E-state index contributed by atoms with van der Waals surface area (Å²) in [5.74, 6) is -2.28. The molecule has 0 unspecified atom stereocenters. The van der Waals surface area contributed by atoms with Crippen LogP contribution in [0.4, 0.5) is 22.0 Å². The molecule has 2 aromatic rings. The largest absolute Gasteiger partial charge is 0.497 e. The van der Waals surface area contributed by atoms with Gasteiger partial charge in [-0.3, -0.25) is 9.59 Å². The van der Waals surface area contributed by atoms with Crippen LogP contribution in [0.2, 0.25) is 0 Å². The third kappa shape index (κ3) is 9.73. The molecule has 8 nitrogen and oxygen atoms in total. The predicted molar refractivity (Wildman–Crippen MR) is 160 cm³/mol. The molecule has 1 heterocycles. The van der Waals surface area contributed by atoms with Gasteiger partial charge in [0.25, 0.3) is 0 Å². The summed E-state index contributed by atoms with van der Waals surface area (Å²) in [4.78, 5) is 27.7. The minimum atomic E-state index is -4.41. The van der Waals surface area contributed by atoms with E-state index in [2.05, 4.69) is 10.6 Å². The van der Waals surface area contributed by atoms with Crippen molar-refractivity contribution >= 4 is 11.8 Å². The van der Waals surface area contributed by atoms with Crippen molar-refractivity contribution in [3.8, 4) is 5.75 Å². The fourth-order valence-electron chi connectivity index (χ4n) is 5.95. The number of aliphatic hydroxyl groups excluding tert-OH is 1. The Morgan fingerprint density at radius 1 is 1.11 bits per heavy atom. The van der Waals surface area contributed by atoms with E-state index in [1.807, 2.05) is 18.2 Å². The van der Waals surface area contributed by atoms with Crippen LogP contribution in [0.15, 0.2) is 48.6 Å². The molecule has 252 valence electrons. The summed E-state index contributed by atoms with van der Waals surface area (Å²) in [6, 6.07) is 6.23. The van der Waals surface area contributed by atoms with Crippen molar-refractivity contribution in [1.29, 1.82) is 0 Å². The number of carbonyl (C=O) groups excluding carboxylic acids is 2. The molecule has 3 N–H and O–H groups in total. The molecule has 0 fully saturated rings. The van der Waals surface area contributed by atoms with Gasteiger partial charge in [-0.1, -0.05) is 18.2 Å². The molecule has 0 spiro atoms. The van der Waals surface area contributed by atoms with Gasteiger partial charge in [0.1, 0.15) is 23.4 Å². The molecule has 0 radical (unpaired) electrons. The first-order valence-corrected chi connectivity index (χ1v) is 15.3. The number of nitrogens with zero attached hydrogens (tertiary/aromatic N) is 1. The lowest BCUT2D eigenvalue weighted by Gasteiger charge is -2.31. The first-order chi connectivity index (χ1) is 21.8. The molecule has 1 aliphatic heterocycles. The van der Waals surface area contributed by atoms with Gasteiger partial charge in [-0.05, 0) is 73.1 Å². The molecule has 2 amide bonds. The number of amides is 2. The highest BCUT2D eigenvalue weighted by atomic mass is 19.4. The zero-order valence-corrected chi connectivity index (χ0v) is 25.8. The molecule has 2 bridgehead atoms. The van der Waals surface area contributed by atoms with Gasteiger partial charge in [-0.25, -0.2) is 8.78 Å². The number of alkyl halides is 3. The second-order valence-corrected chi connectivity index (χ2v) is 11.7. The first kappa shape index (κ1) is 35.3. The predicted octanol–water partition coefficient (Wildman–Crippen LogP) is 5.06. The van der Waals surface area contributed by atoms with Crippen LogP contribution < -0.4 is 15.4 Å². The van der Waals surface area contributed by atoms with E-state index in [9.17, 15) is 36.6 Å². The molecular formula is C33H40F5N3O5. The normalized spacial score (nSPS) is 25.0. The molecular weight excluding hydrogens is 613 g/mol. The Balaban J connectivity index is 1.60. The number of halogens is 5. The van der Waals surface area contributed by atoms with Gasteiger partial charge in [-0.15, -0.1) is 0 Å². The minimum absolute atomic E-state index is 0.0203. The number of ether oxygens (including phenoxy) is 2. The average molecular weight is 654 g/mol. The molecule has 0 aromatic heterocycles. The number of likely N-dealkylation sites (N-methyl/N-ethyl adjacent to an activating group) is 1. The van der Waals surface area contributed by atoms with Crippen LogP contribution in [-0.2, 0) is 20.7 Å². The molecule has 2 aromatic carbocycles. The maximum absolute atomic E-state index is 14.1. The fraction of sp³-hybridized carbons (Fsp3) is 0.515. The van der Waals surface area contributed by atoms with Crippen molar-refractivity contribution in [3.05, 3.63) is 76.9 Å². The van der Waals surface area contributed by atoms with Crippen LogP contribution in [0.3, 0.4) is 0 Å². The summed E-state index contributed by atoms with van der Waals surface area (Å²) >= 11 is 0. The van der Waals surface area contributed by atoms with Gasteiger partial charge < -0.3 is 30.1 Å². The number of benzene rings is 2. The Bertz CT molecular complexity index is 1370. The number of aliphatic hydroxyl groups is 1. The summed E-state index contributed by atoms with van der Waals surface area (Å²) in [5, 5.41) is 17.5. The molecule has 5 atom stereocenters. The smallest absolute Gasteiger partial charge is 0.389 e. The van der Waals surface area contributed by atoms with E-state index in [1.54, 1.807) is 19.3 Å². The van der Waals surface area contributed by atoms with E-state index in [0.29, 0.717) is 24.7 Å². The van der Waals surface area contributed by atoms with Crippen LogP contribution in [0, 0.1) is 11.6 Å². The third-order valence-corrected chi connectivity index (χ3v) is 8.39. The lowest BCUT2D eigenvalue weighted by atomic mass is 9.98. The maximum atomic E-state index is 14.1. The van der Waals surface area contributed by atoms with Gasteiger partial charge in [0.2, 0.25) is 11.8 Å². The standard InChI is InChI=1S/C33H40F5N3O5/c1-41(31(43)8-6-11-33(36,37)38)28-7-4-3-5-12-46-30-18-26(25-17-23(45-2)9-10-24(25)30)39-19-29(42)27(40-32(28)44)15-20-13-21(34)16-22(35)14-20/h3,5,9-10,13-14,16-17,26-30,39,42H,4,6-8,11-12,15,18-19H2,1-2H3,(H,40,44)/b5-3+/t26-,27-,28+,29-,30+/m1/s1. The zero-order valence-electron chi connectivity index (χ0n) is 25.8. The van der Waals surface area contributed by atoms with Crippen molar-refractivity contribution < 1.29 is 46.1 Å². The number of hydrogen-bond donors (Lipinski definition) is 3. The van der Waals surface area contributed by atoms with E-state index < -0.39 is 67.1 Å². The van der Waals surface area contributed by atoms with Crippen molar-refractivity contribution in [3.63, 3.8) is 0 Å². The van der Waals surface area contributed by atoms with Crippen molar-refractivity contribution in [1.82, 2.24) is 15.5 Å². The molecule has 0 saturated carbocycles. The Labute approximate surface area is 264 Å². The van der Waals surface area contributed by atoms with Crippen molar-refractivity contribution in [2.24, 2.45) is 0 Å². The van der Waals surface area contributed by atoms with Gasteiger partial charge in [0, 0.05) is 38.5 Å². The van der Waals surface area contributed by atoms with Crippen molar-refractivity contribution in [2.75, 3.05) is 27.3 Å². The molecule has 46 heavy (non-hydrogen) atoms. The number of fused-ring (bicyclic) bond motifs is 5. The number of β-amino-alcohol motifs (C(OH)–C–C–N with tert-alkyl or cyclic N) is 1. The molecule has 13 heteroatoms. The second-order valence-electron chi connectivity index (χ2n) is 11.7. The SMILES string of the molecule is COc1ccc2c(c1)[C@H]1C[C@@H]2OC/C=C/CC[C@H](N(C)C(=O)CCCC(F)(F)F)C(=O)N[C@H](Cc2cc(F)cc(F)c2)[C@H](O)CN1. The zero-order chi connectivity index (χ0) is 33.4. The van der Waals surface area contributed by atoms with Gasteiger partial charge >= 0.3 is 6.18 Å². The van der Waals surface area contributed by atoms with Crippen LogP contribution in [0.1, 0.15) is 67.4 Å². The topological polar surface area (TPSA) is 100 Å². The van der Waals surface area contributed by atoms with Gasteiger partial charge in [0.15, 0.2) is 0 Å². The average Bonchev–Trinajstić information content (AvgIpc) is 3.33. The second kappa shape index (κ2) is 15.8. The molecule has 1 aliphatic carbocycles. The lowest BCUT2D eigenvalue weighted by Crippen LogP contribution is -2.55. The Hall–Kier alpha value is -3.55. The number of hydrogen-bond acceptors (Lipinski definition) is 6. The number of rotatable bonds is 7. The molecule has 2 aliphatic rings. The summed E-state index contributed by atoms with van der Waals surface area (Å²) in [6.07, 6.45) is -3.35. The Kier molecular flexibility index (Phi) is 12.2. The third-order valence-electron chi connectivity index (χ3n) is 8.39. The highest BCUT2D eigenvalue weighted by Gasteiger charge is 2.35. The monoisotopic (exact) mass is 653 g/mol. The van der Waals surface area contributed by atoms with E-state index >= 15 is 0 Å².